The molecule has 0 heteroatoms. The van der Waals surface area contributed by atoms with Gasteiger partial charge in [0.2, 0.25) is 0 Å². The highest BCUT2D eigenvalue weighted by molar-refractivity contribution is 5.42. The van der Waals surface area contributed by atoms with Crippen LogP contribution in [0.15, 0.2) is 0 Å². The SMILES string of the molecule is CC1CCC2CC3CC4C5C6CC7C(C(C)CC(C)C(C)CCC6C5C4(C)CC3(C)CC2(C)C1)C1C7C2C3C4CC(C)C4(C)C3(C)C12C. The molecule has 25 unspecified atom stereocenters. The summed E-state index contributed by atoms with van der Waals surface area (Å²) in [4.78, 5) is 0. The summed E-state index contributed by atoms with van der Waals surface area (Å²) in [6.45, 7) is 30.3. The van der Waals surface area contributed by atoms with Crippen molar-refractivity contribution in [2.24, 2.45) is 145 Å². The van der Waals surface area contributed by atoms with Gasteiger partial charge in [0, 0.05) is 0 Å². The average Bonchev–Trinajstić information content (AvgIpc) is 3.00. The molecule has 0 radical (unpaired) electrons. The fraction of sp³-hybridized carbons (Fsp3) is 1.00. The first-order chi connectivity index (χ1) is 22.5. The largest absolute Gasteiger partial charge is 0.0625 e. The summed E-state index contributed by atoms with van der Waals surface area (Å²) in [5.74, 6) is 19.8. The molecule has 11 fully saturated rings. The lowest BCUT2D eigenvalue weighted by Crippen LogP contribution is -2.96. The molecule has 25 atom stereocenters. The third kappa shape index (κ3) is 3.04. The Morgan fingerprint density at radius 1 is 0.458 bits per heavy atom. The van der Waals surface area contributed by atoms with Crippen molar-refractivity contribution in [1.82, 2.24) is 0 Å². The molecule has 0 aromatic heterocycles. The Hall–Kier alpha value is 0. The molecule has 0 saturated heterocycles. The lowest BCUT2D eigenvalue weighted by Gasteiger charge is -2.99. The maximum absolute atomic E-state index is 2.88. The maximum Gasteiger partial charge on any atom is -0.0173 e. The van der Waals surface area contributed by atoms with Crippen LogP contribution in [0, 0.1) is 145 Å². The van der Waals surface area contributed by atoms with Gasteiger partial charge in [-0.15, -0.1) is 0 Å². The van der Waals surface area contributed by atoms with Gasteiger partial charge in [-0.1, -0.05) is 89.0 Å². The molecule has 11 rings (SSSR count). The number of hydrogen-bond acceptors (Lipinski definition) is 0. The van der Waals surface area contributed by atoms with Gasteiger partial charge in [-0.3, -0.25) is 0 Å². The second-order valence-corrected chi connectivity index (χ2v) is 24.8. The Balaban J connectivity index is 0.899. The van der Waals surface area contributed by atoms with E-state index in [1.165, 1.54) is 25.7 Å². The molecule has 0 aliphatic heterocycles. The van der Waals surface area contributed by atoms with Crippen LogP contribution in [0.3, 0.4) is 0 Å². The molecule has 11 saturated carbocycles. The monoisotopic (exact) mass is 653 g/mol. The van der Waals surface area contributed by atoms with Crippen molar-refractivity contribution >= 4 is 0 Å². The van der Waals surface area contributed by atoms with Crippen molar-refractivity contribution in [1.29, 1.82) is 0 Å². The molecular formula is C48H76. The molecule has 11 aliphatic carbocycles. The van der Waals surface area contributed by atoms with Crippen LogP contribution in [0.1, 0.15) is 153 Å². The molecule has 0 nitrogen and oxygen atoms in total. The predicted molar refractivity (Wildman–Crippen MR) is 199 cm³/mol. The molecule has 0 N–H and O–H groups in total. The minimum absolute atomic E-state index is 0.615. The lowest BCUT2D eigenvalue weighted by atomic mass is 9.04. The van der Waals surface area contributed by atoms with Gasteiger partial charge in [0.15, 0.2) is 0 Å². The van der Waals surface area contributed by atoms with E-state index in [0.717, 1.165) is 112 Å². The summed E-state index contributed by atoms with van der Waals surface area (Å²) < 4.78 is 0. The van der Waals surface area contributed by atoms with Crippen molar-refractivity contribution in [2.45, 2.75) is 153 Å². The molecule has 48 heavy (non-hydrogen) atoms. The van der Waals surface area contributed by atoms with E-state index < -0.39 is 0 Å². The van der Waals surface area contributed by atoms with Crippen LogP contribution >= 0.6 is 0 Å². The van der Waals surface area contributed by atoms with Crippen LogP contribution in [0.25, 0.3) is 0 Å². The van der Waals surface area contributed by atoms with Crippen LogP contribution < -0.4 is 0 Å². The molecule has 0 spiro atoms. The average molecular weight is 653 g/mol. The Kier molecular flexibility index (Phi) is 5.92. The van der Waals surface area contributed by atoms with E-state index >= 15 is 0 Å². The Labute approximate surface area is 297 Å². The van der Waals surface area contributed by atoms with Gasteiger partial charge >= 0.3 is 0 Å². The van der Waals surface area contributed by atoms with Gasteiger partial charge in [-0.25, -0.2) is 0 Å². The fourth-order valence-corrected chi connectivity index (χ4v) is 22.1. The number of hydrogen-bond donors (Lipinski definition) is 0. The third-order valence-corrected chi connectivity index (χ3v) is 24.1. The fourth-order valence-electron chi connectivity index (χ4n) is 22.1. The van der Waals surface area contributed by atoms with Gasteiger partial charge in [0.1, 0.15) is 0 Å². The van der Waals surface area contributed by atoms with E-state index in [1.807, 2.05) is 0 Å². The molecule has 0 heterocycles. The van der Waals surface area contributed by atoms with E-state index in [-0.39, 0.29) is 0 Å². The van der Waals surface area contributed by atoms with Crippen LogP contribution in [0.4, 0.5) is 0 Å². The zero-order valence-corrected chi connectivity index (χ0v) is 33.5. The molecule has 0 bridgehead atoms. The standard InChI is InChI=1S/C48H76/c1-24-12-14-29-18-30-19-34-37-32-20-33-36(41-38(33)42-40-35-17-28(5)46(35,9)48(40,11)47(41,42)10)27(4)16-26(3)25(2)13-15-31(32)39(37)45(34,8)23-44(30,7)22-43(29,6)21-24/h24-42H,12-23H2,1-11H3. The quantitative estimate of drug-likeness (QED) is 0.228. The summed E-state index contributed by atoms with van der Waals surface area (Å²) in [5, 5.41) is 0. The maximum atomic E-state index is 2.88. The third-order valence-electron chi connectivity index (χ3n) is 24.1. The van der Waals surface area contributed by atoms with Crippen LogP contribution in [-0.4, -0.2) is 0 Å². The predicted octanol–water partition coefficient (Wildman–Crippen LogP) is 12.7. The van der Waals surface area contributed by atoms with E-state index in [0.29, 0.717) is 32.5 Å². The summed E-state index contributed by atoms with van der Waals surface area (Å²) in [5.41, 5.74) is 3.90. The van der Waals surface area contributed by atoms with Gasteiger partial charge < -0.3 is 0 Å². The first kappa shape index (κ1) is 31.5. The first-order valence-corrected chi connectivity index (χ1v) is 22.5. The van der Waals surface area contributed by atoms with Crippen molar-refractivity contribution in [3.63, 3.8) is 0 Å². The molecular weight excluding hydrogens is 577 g/mol. The van der Waals surface area contributed by atoms with Gasteiger partial charge in [-0.05, 0) is 209 Å². The summed E-state index contributed by atoms with van der Waals surface area (Å²) in [7, 11) is 0. The summed E-state index contributed by atoms with van der Waals surface area (Å²) in [6, 6.07) is 0. The van der Waals surface area contributed by atoms with E-state index in [9.17, 15) is 0 Å². The molecule has 268 valence electrons. The topological polar surface area (TPSA) is 0 Å². The minimum atomic E-state index is 0.615. The van der Waals surface area contributed by atoms with Crippen molar-refractivity contribution in [3.8, 4) is 0 Å². The highest BCUT2D eigenvalue weighted by Crippen LogP contribution is 3.00. The van der Waals surface area contributed by atoms with Crippen molar-refractivity contribution < 1.29 is 0 Å². The summed E-state index contributed by atoms with van der Waals surface area (Å²) >= 11 is 0. The lowest BCUT2D eigenvalue weighted by molar-refractivity contribution is -0.529. The Bertz CT molecular complexity index is 1410. The summed E-state index contributed by atoms with van der Waals surface area (Å²) in [6.07, 6.45) is 18.8. The molecule has 11 aliphatic rings. The van der Waals surface area contributed by atoms with Crippen LogP contribution in [-0.2, 0) is 0 Å². The minimum Gasteiger partial charge on any atom is -0.0625 e. The highest BCUT2D eigenvalue weighted by Gasteiger charge is 2.96. The van der Waals surface area contributed by atoms with E-state index in [4.69, 9.17) is 0 Å². The second kappa shape index (κ2) is 9.02. The van der Waals surface area contributed by atoms with Crippen LogP contribution in [0.2, 0.25) is 0 Å². The van der Waals surface area contributed by atoms with Crippen LogP contribution in [0.5, 0.6) is 0 Å². The number of rotatable bonds is 0. The highest BCUT2D eigenvalue weighted by atomic mass is 15.0. The molecule has 0 amide bonds. The van der Waals surface area contributed by atoms with Gasteiger partial charge in [0.25, 0.3) is 0 Å². The number of fused-ring (bicyclic) bond motifs is 22. The molecule has 0 aromatic carbocycles. The van der Waals surface area contributed by atoms with Crippen molar-refractivity contribution in [3.05, 3.63) is 0 Å². The van der Waals surface area contributed by atoms with E-state index in [2.05, 4.69) is 76.2 Å². The normalized spacial score (nSPS) is 73.4. The molecule has 0 aromatic rings. The smallest absolute Gasteiger partial charge is 0.0173 e. The van der Waals surface area contributed by atoms with Gasteiger partial charge in [0.05, 0.1) is 0 Å². The van der Waals surface area contributed by atoms with E-state index in [1.54, 1.807) is 51.4 Å². The second-order valence-electron chi connectivity index (χ2n) is 24.8. The first-order valence-electron chi connectivity index (χ1n) is 22.5. The zero-order valence-electron chi connectivity index (χ0n) is 33.5. The zero-order chi connectivity index (χ0) is 33.5. The Morgan fingerprint density at radius 3 is 1.98 bits per heavy atom. The Morgan fingerprint density at radius 2 is 1.23 bits per heavy atom. The van der Waals surface area contributed by atoms with Gasteiger partial charge in [-0.2, -0.15) is 0 Å². The van der Waals surface area contributed by atoms with Crippen molar-refractivity contribution in [2.75, 3.05) is 0 Å².